The van der Waals surface area contributed by atoms with E-state index in [2.05, 4.69) is 0 Å². The van der Waals surface area contributed by atoms with Gasteiger partial charge in [-0.3, -0.25) is 9.59 Å². The van der Waals surface area contributed by atoms with Crippen molar-refractivity contribution in [2.45, 2.75) is 19.8 Å². The average molecular weight is 339 g/mol. The SMILES string of the molecule is Cc1cccc(C(=O)N2CCCN(C(=O)Cc3ccn(C)c3)CC2)c1. The van der Waals surface area contributed by atoms with Crippen LogP contribution >= 0.6 is 0 Å². The standard InChI is InChI=1S/C20H25N3O2/c1-16-5-3-6-18(13-16)20(25)23-9-4-8-22(11-12-23)19(24)14-17-7-10-21(2)15-17/h3,5-7,10,13,15H,4,8-9,11-12,14H2,1-2H3. The highest BCUT2D eigenvalue weighted by atomic mass is 16.2. The zero-order chi connectivity index (χ0) is 17.8. The number of amides is 2. The Kier molecular flexibility index (Phi) is 5.22. The highest BCUT2D eigenvalue weighted by Gasteiger charge is 2.23. The summed E-state index contributed by atoms with van der Waals surface area (Å²) < 4.78 is 1.95. The Morgan fingerprint density at radius 1 is 1.04 bits per heavy atom. The minimum absolute atomic E-state index is 0.0565. The lowest BCUT2D eigenvalue weighted by molar-refractivity contribution is -0.130. The molecule has 0 spiro atoms. The Balaban J connectivity index is 1.60. The van der Waals surface area contributed by atoms with E-state index in [1.54, 1.807) is 0 Å². The van der Waals surface area contributed by atoms with E-state index in [-0.39, 0.29) is 11.8 Å². The number of hydrogen-bond acceptors (Lipinski definition) is 2. The molecule has 5 heteroatoms. The molecular weight excluding hydrogens is 314 g/mol. The second kappa shape index (κ2) is 7.55. The molecule has 2 heterocycles. The average Bonchev–Trinajstić information content (AvgIpc) is 2.85. The lowest BCUT2D eigenvalue weighted by atomic mass is 10.1. The molecule has 1 saturated heterocycles. The van der Waals surface area contributed by atoms with Crippen LogP contribution in [0.25, 0.3) is 0 Å². The summed E-state index contributed by atoms with van der Waals surface area (Å²) in [6.07, 6.45) is 5.17. The first-order valence-electron chi connectivity index (χ1n) is 8.77. The van der Waals surface area contributed by atoms with Crippen molar-refractivity contribution < 1.29 is 9.59 Å². The molecule has 132 valence electrons. The first-order chi connectivity index (χ1) is 12.0. The van der Waals surface area contributed by atoms with Crippen molar-refractivity contribution >= 4 is 11.8 Å². The predicted octanol–water partition coefficient (Wildman–Crippen LogP) is 2.25. The van der Waals surface area contributed by atoms with Crippen molar-refractivity contribution in [2.75, 3.05) is 26.2 Å². The summed E-state index contributed by atoms with van der Waals surface area (Å²) in [4.78, 5) is 29.0. The fourth-order valence-electron chi connectivity index (χ4n) is 3.28. The van der Waals surface area contributed by atoms with Crippen LogP contribution in [0.3, 0.4) is 0 Å². The van der Waals surface area contributed by atoms with Crippen molar-refractivity contribution in [2.24, 2.45) is 7.05 Å². The molecule has 1 aromatic heterocycles. The van der Waals surface area contributed by atoms with Gasteiger partial charge in [0.15, 0.2) is 0 Å². The molecule has 0 saturated carbocycles. The van der Waals surface area contributed by atoms with Crippen molar-refractivity contribution in [1.29, 1.82) is 0 Å². The van der Waals surface area contributed by atoms with Crippen molar-refractivity contribution in [3.8, 4) is 0 Å². The van der Waals surface area contributed by atoms with Crippen LogP contribution in [0, 0.1) is 6.92 Å². The maximum absolute atomic E-state index is 12.7. The minimum Gasteiger partial charge on any atom is -0.357 e. The van der Waals surface area contributed by atoms with Crippen molar-refractivity contribution in [1.82, 2.24) is 14.4 Å². The normalized spacial score (nSPS) is 15.1. The van der Waals surface area contributed by atoms with Gasteiger partial charge < -0.3 is 14.4 Å². The van der Waals surface area contributed by atoms with Crippen LogP contribution in [0.1, 0.15) is 27.9 Å². The summed E-state index contributed by atoms with van der Waals surface area (Å²) in [5.41, 5.74) is 2.84. The lowest BCUT2D eigenvalue weighted by Gasteiger charge is -2.22. The van der Waals surface area contributed by atoms with Gasteiger partial charge in [-0.15, -0.1) is 0 Å². The van der Waals surface area contributed by atoms with Gasteiger partial charge in [-0.25, -0.2) is 0 Å². The van der Waals surface area contributed by atoms with Crippen LogP contribution in [0.5, 0.6) is 0 Å². The van der Waals surface area contributed by atoms with E-state index >= 15 is 0 Å². The topological polar surface area (TPSA) is 45.6 Å². The highest BCUT2D eigenvalue weighted by molar-refractivity contribution is 5.94. The van der Waals surface area contributed by atoms with E-state index in [1.165, 1.54) is 0 Å². The molecule has 1 fully saturated rings. The molecule has 1 aliphatic rings. The van der Waals surface area contributed by atoms with Crippen molar-refractivity contribution in [3.05, 3.63) is 59.4 Å². The quantitative estimate of drug-likeness (QED) is 0.861. The van der Waals surface area contributed by atoms with E-state index in [9.17, 15) is 9.59 Å². The van der Waals surface area contributed by atoms with Gasteiger partial charge in [0.1, 0.15) is 0 Å². The molecule has 0 aliphatic carbocycles. The van der Waals surface area contributed by atoms with Gasteiger partial charge in [-0.1, -0.05) is 17.7 Å². The predicted molar refractivity (Wildman–Crippen MR) is 97.4 cm³/mol. The third-order valence-electron chi connectivity index (χ3n) is 4.65. The van der Waals surface area contributed by atoms with Gasteiger partial charge in [0.25, 0.3) is 5.91 Å². The van der Waals surface area contributed by atoms with E-state index in [1.807, 2.05) is 71.1 Å². The molecule has 0 unspecified atom stereocenters. The number of carbonyl (C=O) groups is 2. The lowest BCUT2D eigenvalue weighted by Crippen LogP contribution is -2.38. The third kappa shape index (κ3) is 4.29. The van der Waals surface area contributed by atoms with Gasteiger partial charge in [0, 0.05) is 51.2 Å². The molecule has 1 aromatic carbocycles. The summed E-state index contributed by atoms with van der Waals surface area (Å²) >= 11 is 0. The number of aromatic nitrogens is 1. The van der Waals surface area contributed by atoms with E-state index in [0.29, 0.717) is 32.6 Å². The second-order valence-corrected chi connectivity index (χ2v) is 6.76. The maximum Gasteiger partial charge on any atom is 0.253 e. The third-order valence-corrected chi connectivity index (χ3v) is 4.65. The first-order valence-corrected chi connectivity index (χ1v) is 8.77. The fourth-order valence-corrected chi connectivity index (χ4v) is 3.28. The van der Waals surface area contributed by atoms with Crippen LogP contribution in [-0.2, 0) is 18.3 Å². The van der Waals surface area contributed by atoms with Crippen LogP contribution in [0.4, 0.5) is 0 Å². The Morgan fingerprint density at radius 3 is 2.52 bits per heavy atom. The molecule has 2 amide bonds. The number of hydrogen-bond donors (Lipinski definition) is 0. The van der Waals surface area contributed by atoms with Gasteiger partial charge in [0.2, 0.25) is 5.91 Å². The Hall–Kier alpha value is -2.56. The zero-order valence-electron chi connectivity index (χ0n) is 14.9. The van der Waals surface area contributed by atoms with Crippen LogP contribution < -0.4 is 0 Å². The first kappa shape index (κ1) is 17.3. The Bertz CT molecular complexity index is 766. The maximum atomic E-state index is 12.7. The molecule has 0 radical (unpaired) electrons. The van der Waals surface area contributed by atoms with Crippen molar-refractivity contribution in [3.63, 3.8) is 0 Å². The number of benzene rings is 1. The molecule has 2 aromatic rings. The molecular formula is C20H25N3O2. The molecule has 0 N–H and O–H groups in total. The summed E-state index contributed by atoms with van der Waals surface area (Å²) in [7, 11) is 1.95. The molecule has 3 rings (SSSR count). The molecule has 0 atom stereocenters. The van der Waals surface area contributed by atoms with Crippen LogP contribution in [0.15, 0.2) is 42.7 Å². The number of carbonyl (C=O) groups excluding carboxylic acids is 2. The highest BCUT2D eigenvalue weighted by Crippen LogP contribution is 2.12. The summed E-state index contributed by atoms with van der Waals surface area (Å²) in [5.74, 6) is 0.192. The Morgan fingerprint density at radius 2 is 1.80 bits per heavy atom. The van der Waals surface area contributed by atoms with Gasteiger partial charge in [-0.2, -0.15) is 0 Å². The van der Waals surface area contributed by atoms with Crippen LogP contribution in [0.2, 0.25) is 0 Å². The minimum atomic E-state index is 0.0565. The summed E-state index contributed by atoms with van der Waals surface area (Å²) in [6.45, 7) is 4.59. The van der Waals surface area contributed by atoms with E-state index in [0.717, 1.165) is 23.1 Å². The number of nitrogens with zero attached hydrogens (tertiary/aromatic N) is 3. The molecule has 1 aliphatic heterocycles. The molecule has 0 bridgehead atoms. The smallest absolute Gasteiger partial charge is 0.253 e. The van der Waals surface area contributed by atoms with Gasteiger partial charge >= 0.3 is 0 Å². The Labute approximate surface area is 148 Å². The van der Waals surface area contributed by atoms with Crippen LogP contribution in [-0.4, -0.2) is 52.4 Å². The summed E-state index contributed by atoms with van der Waals surface area (Å²) in [6, 6.07) is 9.66. The number of aryl methyl sites for hydroxylation is 2. The second-order valence-electron chi connectivity index (χ2n) is 6.76. The summed E-state index contributed by atoms with van der Waals surface area (Å²) in [5, 5.41) is 0. The van der Waals surface area contributed by atoms with Gasteiger partial charge in [0.05, 0.1) is 6.42 Å². The largest absolute Gasteiger partial charge is 0.357 e. The molecule has 25 heavy (non-hydrogen) atoms. The van der Waals surface area contributed by atoms with E-state index < -0.39 is 0 Å². The molecule has 5 nitrogen and oxygen atoms in total. The fraction of sp³-hybridized carbons (Fsp3) is 0.400. The zero-order valence-corrected chi connectivity index (χ0v) is 14.9. The van der Waals surface area contributed by atoms with E-state index in [4.69, 9.17) is 0 Å². The monoisotopic (exact) mass is 339 g/mol. The van der Waals surface area contributed by atoms with Gasteiger partial charge in [-0.05, 0) is 37.1 Å². The number of rotatable bonds is 3.